The van der Waals surface area contributed by atoms with Gasteiger partial charge in [0.1, 0.15) is 0 Å². The normalized spacial score (nSPS) is 11.3. The van der Waals surface area contributed by atoms with Crippen molar-refractivity contribution in [2.24, 2.45) is 5.10 Å². The summed E-state index contributed by atoms with van der Waals surface area (Å²) in [5.74, 6) is 0.364. The third kappa shape index (κ3) is 5.92. The first-order valence-electron chi connectivity index (χ1n) is 10.4. The molecule has 35 heavy (non-hydrogen) atoms. The SMILES string of the molecule is C/C(=N/NC(=O)CSc1nnc(-c2ccccc2)n1-c1ccc(Cl)cc1)c1ccc([N+](=O)[O-])cc1. The molecule has 0 fully saturated rings. The molecule has 11 heteroatoms. The zero-order valence-corrected chi connectivity index (χ0v) is 20.0. The number of nitro groups is 1. The number of hydrogen-bond acceptors (Lipinski definition) is 7. The lowest BCUT2D eigenvalue weighted by Gasteiger charge is -2.10. The van der Waals surface area contributed by atoms with E-state index in [2.05, 4.69) is 20.7 Å². The summed E-state index contributed by atoms with van der Waals surface area (Å²) in [6.07, 6.45) is 0. The van der Waals surface area contributed by atoms with Crippen molar-refractivity contribution in [2.45, 2.75) is 12.1 Å². The maximum absolute atomic E-state index is 12.5. The predicted octanol–water partition coefficient (Wildman–Crippen LogP) is 5.13. The van der Waals surface area contributed by atoms with Crippen LogP contribution in [0.2, 0.25) is 5.02 Å². The molecule has 4 aromatic rings. The van der Waals surface area contributed by atoms with E-state index in [1.54, 1.807) is 31.2 Å². The summed E-state index contributed by atoms with van der Waals surface area (Å²) in [6, 6.07) is 22.9. The van der Waals surface area contributed by atoms with Crippen LogP contribution < -0.4 is 5.43 Å². The lowest BCUT2D eigenvalue weighted by molar-refractivity contribution is -0.384. The van der Waals surface area contributed by atoms with E-state index in [1.807, 2.05) is 47.0 Å². The molecule has 0 aliphatic carbocycles. The topological polar surface area (TPSA) is 115 Å². The molecular weight excluding hydrogens is 488 g/mol. The van der Waals surface area contributed by atoms with Crippen LogP contribution in [0.25, 0.3) is 17.1 Å². The fourth-order valence-electron chi connectivity index (χ4n) is 3.16. The Morgan fingerprint density at radius 3 is 2.40 bits per heavy atom. The quantitative estimate of drug-likeness (QED) is 0.153. The van der Waals surface area contributed by atoms with Gasteiger partial charge < -0.3 is 0 Å². The van der Waals surface area contributed by atoms with Crippen LogP contribution in [-0.4, -0.2) is 37.1 Å². The first kappa shape index (κ1) is 24.1. The van der Waals surface area contributed by atoms with Gasteiger partial charge >= 0.3 is 0 Å². The van der Waals surface area contributed by atoms with Gasteiger partial charge in [-0.3, -0.25) is 19.5 Å². The molecule has 1 amide bonds. The number of hydrazone groups is 1. The number of carbonyl (C=O) groups is 1. The number of amides is 1. The summed E-state index contributed by atoms with van der Waals surface area (Å²) in [5.41, 5.74) is 5.39. The second kappa shape index (κ2) is 10.9. The highest BCUT2D eigenvalue weighted by Gasteiger charge is 2.17. The molecule has 0 spiro atoms. The smallest absolute Gasteiger partial charge is 0.269 e. The Labute approximate surface area is 210 Å². The Hall–Kier alpha value is -4.02. The van der Waals surface area contributed by atoms with E-state index < -0.39 is 4.92 Å². The summed E-state index contributed by atoms with van der Waals surface area (Å²) in [6.45, 7) is 1.71. The molecule has 0 atom stereocenters. The molecule has 9 nitrogen and oxygen atoms in total. The fraction of sp³-hybridized carbons (Fsp3) is 0.0833. The van der Waals surface area contributed by atoms with Crippen molar-refractivity contribution in [2.75, 3.05) is 5.75 Å². The lowest BCUT2D eigenvalue weighted by Crippen LogP contribution is -2.21. The number of nitrogens with zero attached hydrogens (tertiary/aromatic N) is 5. The van der Waals surface area contributed by atoms with Gasteiger partial charge in [0.25, 0.3) is 11.6 Å². The summed E-state index contributed by atoms with van der Waals surface area (Å²) in [5, 5.41) is 24.7. The molecule has 0 radical (unpaired) electrons. The van der Waals surface area contributed by atoms with E-state index in [1.165, 1.54) is 23.9 Å². The number of aromatic nitrogens is 3. The van der Waals surface area contributed by atoms with E-state index in [9.17, 15) is 14.9 Å². The molecule has 0 saturated carbocycles. The Morgan fingerprint density at radius 2 is 1.74 bits per heavy atom. The zero-order valence-electron chi connectivity index (χ0n) is 18.5. The molecular formula is C24H19ClN6O3S. The second-order valence-corrected chi connectivity index (χ2v) is 8.69. The van der Waals surface area contributed by atoms with Crippen LogP contribution in [-0.2, 0) is 4.79 Å². The van der Waals surface area contributed by atoms with Crippen molar-refractivity contribution in [1.82, 2.24) is 20.2 Å². The van der Waals surface area contributed by atoms with Crippen molar-refractivity contribution in [1.29, 1.82) is 0 Å². The largest absolute Gasteiger partial charge is 0.272 e. The van der Waals surface area contributed by atoms with Crippen molar-refractivity contribution in [3.63, 3.8) is 0 Å². The number of thioether (sulfide) groups is 1. The summed E-state index contributed by atoms with van der Waals surface area (Å²) in [4.78, 5) is 22.8. The first-order chi connectivity index (χ1) is 16.9. The molecule has 4 rings (SSSR count). The number of non-ortho nitro benzene ring substituents is 1. The maximum atomic E-state index is 12.5. The molecule has 0 aliphatic heterocycles. The highest BCUT2D eigenvalue weighted by atomic mass is 35.5. The van der Waals surface area contributed by atoms with E-state index in [0.717, 1.165) is 11.3 Å². The Balaban J connectivity index is 1.48. The standard InChI is InChI=1S/C24H19ClN6O3S/c1-16(17-7-11-21(12-8-17)31(33)34)26-27-22(32)15-35-24-29-28-23(18-5-3-2-4-6-18)30(24)20-13-9-19(25)10-14-20/h2-14H,15H2,1H3,(H,27,32)/b26-16-. The van der Waals surface area contributed by atoms with Crippen molar-refractivity contribution >= 4 is 40.7 Å². The van der Waals surface area contributed by atoms with Crippen molar-refractivity contribution in [3.8, 4) is 17.1 Å². The fourth-order valence-corrected chi connectivity index (χ4v) is 4.03. The van der Waals surface area contributed by atoms with Gasteiger partial charge in [0.2, 0.25) is 0 Å². The summed E-state index contributed by atoms with van der Waals surface area (Å²) < 4.78 is 1.87. The number of nitrogens with one attached hydrogen (secondary N) is 1. The van der Waals surface area contributed by atoms with Gasteiger partial charge in [-0.2, -0.15) is 5.10 Å². The highest BCUT2D eigenvalue weighted by molar-refractivity contribution is 7.99. The maximum Gasteiger partial charge on any atom is 0.269 e. The predicted molar refractivity (Wildman–Crippen MR) is 136 cm³/mol. The van der Waals surface area contributed by atoms with E-state index in [0.29, 0.717) is 27.3 Å². The molecule has 0 saturated heterocycles. The van der Waals surface area contributed by atoms with Gasteiger partial charge in [-0.05, 0) is 48.9 Å². The minimum Gasteiger partial charge on any atom is -0.272 e. The second-order valence-electron chi connectivity index (χ2n) is 7.31. The summed E-state index contributed by atoms with van der Waals surface area (Å²) in [7, 11) is 0. The van der Waals surface area contributed by atoms with Gasteiger partial charge in [-0.15, -0.1) is 10.2 Å². The first-order valence-corrected chi connectivity index (χ1v) is 11.8. The lowest BCUT2D eigenvalue weighted by atomic mass is 10.1. The molecule has 176 valence electrons. The van der Waals surface area contributed by atoms with Crippen molar-refractivity contribution in [3.05, 3.63) is 99.6 Å². The Kier molecular flexibility index (Phi) is 7.54. The highest BCUT2D eigenvalue weighted by Crippen LogP contribution is 2.28. The van der Waals surface area contributed by atoms with Crippen LogP contribution in [0.4, 0.5) is 5.69 Å². The molecule has 0 bridgehead atoms. The van der Waals surface area contributed by atoms with Gasteiger partial charge in [0.05, 0.1) is 16.4 Å². The summed E-state index contributed by atoms with van der Waals surface area (Å²) >= 11 is 7.28. The van der Waals surface area contributed by atoms with Gasteiger partial charge in [-0.1, -0.05) is 53.7 Å². The van der Waals surface area contributed by atoms with Gasteiger partial charge in [0.15, 0.2) is 11.0 Å². The minimum absolute atomic E-state index is 0.0124. The molecule has 1 aromatic heterocycles. The minimum atomic E-state index is -0.471. The number of rotatable bonds is 8. The average Bonchev–Trinajstić information content (AvgIpc) is 3.31. The van der Waals surface area contributed by atoms with Gasteiger partial charge in [-0.25, -0.2) is 5.43 Å². The molecule has 0 aliphatic rings. The number of nitro benzene ring substituents is 1. The monoisotopic (exact) mass is 506 g/mol. The number of benzene rings is 3. The number of carbonyl (C=O) groups excluding carboxylic acids is 1. The molecule has 1 heterocycles. The van der Waals surface area contributed by atoms with E-state index >= 15 is 0 Å². The Morgan fingerprint density at radius 1 is 1.06 bits per heavy atom. The van der Waals surface area contributed by atoms with Crippen molar-refractivity contribution < 1.29 is 9.72 Å². The van der Waals surface area contributed by atoms with Crippen LogP contribution in [0.5, 0.6) is 0 Å². The number of halogens is 1. The Bertz CT molecular complexity index is 1370. The van der Waals surface area contributed by atoms with Crippen LogP contribution >= 0.6 is 23.4 Å². The van der Waals surface area contributed by atoms with Crippen LogP contribution in [0.3, 0.4) is 0 Å². The van der Waals surface area contributed by atoms with E-state index in [4.69, 9.17) is 11.6 Å². The van der Waals surface area contributed by atoms with Gasteiger partial charge in [0, 0.05) is 28.4 Å². The third-order valence-electron chi connectivity index (χ3n) is 4.93. The molecule has 0 unspecified atom stereocenters. The number of hydrogen-bond donors (Lipinski definition) is 1. The molecule has 1 N–H and O–H groups in total. The average molecular weight is 507 g/mol. The molecule has 3 aromatic carbocycles. The van der Waals surface area contributed by atoms with Crippen LogP contribution in [0.1, 0.15) is 12.5 Å². The van der Waals surface area contributed by atoms with Crippen LogP contribution in [0, 0.1) is 10.1 Å². The van der Waals surface area contributed by atoms with E-state index in [-0.39, 0.29) is 17.3 Å². The third-order valence-corrected chi connectivity index (χ3v) is 6.11. The van der Waals surface area contributed by atoms with Crippen LogP contribution in [0.15, 0.2) is 89.1 Å². The zero-order chi connectivity index (χ0) is 24.8.